The molecule has 18 heavy (non-hydrogen) atoms. The average molecular weight is 271 g/mol. The van der Waals surface area contributed by atoms with Gasteiger partial charge in [-0.3, -0.25) is 4.79 Å². The lowest BCUT2D eigenvalue weighted by Crippen LogP contribution is -2.30. The SMILES string of the molecule is CCCC(CCO)CNC(=O)c1csc(CN)n1. The number of aliphatic hydroxyl groups excluding tert-OH is 1. The fourth-order valence-electron chi connectivity index (χ4n) is 1.78. The van der Waals surface area contributed by atoms with Gasteiger partial charge in [-0.25, -0.2) is 4.98 Å². The van der Waals surface area contributed by atoms with Gasteiger partial charge in [0, 0.05) is 25.1 Å². The van der Waals surface area contributed by atoms with Crippen LogP contribution in [0.2, 0.25) is 0 Å². The first-order chi connectivity index (χ1) is 8.71. The number of amides is 1. The molecule has 102 valence electrons. The summed E-state index contributed by atoms with van der Waals surface area (Å²) in [4.78, 5) is 15.9. The number of nitrogens with two attached hydrogens (primary N) is 1. The van der Waals surface area contributed by atoms with Crippen molar-refractivity contribution < 1.29 is 9.90 Å². The number of hydrogen-bond donors (Lipinski definition) is 3. The molecule has 0 aliphatic heterocycles. The zero-order chi connectivity index (χ0) is 13.4. The Morgan fingerprint density at radius 1 is 1.61 bits per heavy atom. The molecular weight excluding hydrogens is 250 g/mol. The number of nitrogens with zero attached hydrogens (tertiary/aromatic N) is 1. The van der Waals surface area contributed by atoms with Gasteiger partial charge in [-0.05, 0) is 18.8 Å². The first-order valence-corrected chi connectivity index (χ1v) is 7.12. The van der Waals surface area contributed by atoms with E-state index in [1.165, 1.54) is 11.3 Å². The Morgan fingerprint density at radius 2 is 2.39 bits per heavy atom. The predicted octanol–water partition coefficient (Wildman–Crippen LogP) is 1.13. The van der Waals surface area contributed by atoms with E-state index in [9.17, 15) is 4.79 Å². The molecule has 0 saturated carbocycles. The molecule has 6 heteroatoms. The highest BCUT2D eigenvalue weighted by molar-refractivity contribution is 7.09. The quantitative estimate of drug-likeness (QED) is 0.661. The van der Waals surface area contributed by atoms with Gasteiger partial charge < -0.3 is 16.2 Å². The Hall–Kier alpha value is -0.980. The number of aliphatic hydroxyl groups is 1. The largest absolute Gasteiger partial charge is 0.396 e. The van der Waals surface area contributed by atoms with Crippen LogP contribution < -0.4 is 11.1 Å². The number of carbonyl (C=O) groups excluding carboxylic acids is 1. The number of rotatable bonds is 8. The van der Waals surface area contributed by atoms with E-state index in [-0.39, 0.29) is 12.5 Å². The van der Waals surface area contributed by atoms with Crippen LogP contribution in [0.1, 0.15) is 41.7 Å². The molecule has 0 aliphatic rings. The van der Waals surface area contributed by atoms with Crippen LogP contribution in [0.4, 0.5) is 0 Å². The van der Waals surface area contributed by atoms with Crippen LogP contribution in [0, 0.1) is 5.92 Å². The zero-order valence-corrected chi connectivity index (χ0v) is 11.5. The summed E-state index contributed by atoms with van der Waals surface area (Å²) in [5.74, 6) is 0.168. The average Bonchev–Trinajstić information content (AvgIpc) is 2.85. The number of hydrogen-bond acceptors (Lipinski definition) is 5. The topological polar surface area (TPSA) is 88.2 Å². The highest BCUT2D eigenvalue weighted by Gasteiger charge is 2.13. The van der Waals surface area contributed by atoms with Crippen molar-refractivity contribution in [3.05, 3.63) is 16.1 Å². The maximum atomic E-state index is 11.8. The van der Waals surface area contributed by atoms with E-state index in [4.69, 9.17) is 10.8 Å². The second-order valence-electron chi connectivity index (χ2n) is 4.21. The van der Waals surface area contributed by atoms with Crippen LogP contribution in [0.25, 0.3) is 0 Å². The van der Waals surface area contributed by atoms with Gasteiger partial charge >= 0.3 is 0 Å². The van der Waals surface area contributed by atoms with Crippen molar-refractivity contribution in [3.8, 4) is 0 Å². The minimum absolute atomic E-state index is 0.161. The predicted molar refractivity (Wildman–Crippen MR) is 72.4 cm³/mol. The van der Waals surface area contributed by atoms with Crippen LogP contribution in [0.3, 0.4) is 0 Å². The summed E-state index contributed by atoms with van der Waals surface area (Å²) in [7, 11) is 0. The van der Waals surface area contributed by atoms with Gasteiger partial charge in [0.15, 0.2) is 0 Å². The van der Waals surface area contributed by atoms with Crippen molar-refractivity contribution in [2.75, 3.05) is 13.2 Å². The van der Waals surface area contributed by atoms with E-state index in [2.05, 4.69) is 17.2 Å². The summed E-state index contributed by atoms with van der Waals surface area (Å²) in [6.07, 6.45) is 2.78. The molecule has 0 aliphatic carbocycles. The van der Waals surface area contributed by atoms with Gasteiger partial charge in [-0.1, -0.05) is 13.3 Å². The zero-order valence-electron chi connectivity index (χ0n) is 10.7. The van der Waals surface area contributed by atoms with Crippen LogP contribution in [-0.4, -0.2) is 29.1 Å². The van der Waals surface area contributed by atoms with Crippen LogP contribution in [0.5, 0.6) is 0 Å². The lowest BCUT2D eigenvalue weighted by atomic mass is 10.0. The Morgan fingerprint density at radius 3 is 2.94 bits per heavy atom. The Labute approximate surface area is 111 Å². The Balaban J connectivity index is 2.43. The van der Waals surface area contributed by atoms with Crippen molar-refractivity contribution in [1.82, 2.24) is 10.3 Å². The summed E-state index contributed by atoms with van der Waals surface area (Å²) < 4.78 is 0. The summed E-state index contributed by atoms with van der Waals surface area (Å²) >= 11 is 1.40. The third kappa shape index (κ3) is 4.72. The molecule has 0 aromatic carbocycles. The summed E-state index contributed by atoms with van der Waals surface area (Å²) in [5.41, 5.74) is 5.88. The highest BCUT2D eigenvalue weighted by Crippen LogP contribution is 2.11. The minimum atomic E-state index is -0.162. The van der Waals surface area contributed by atoms with Crippen LogP contribution in [0.15, 0.2) is 5.38 Å². The van der Waals surface area contributed by atoms with Crippen molar-refractivity contribution in [3.63, 3.8) is 0 Å². The molecule has 5 nitrogen and oxygen atoms in total. The molecule has 1 unspecified atom stereocenters. The normalized spacial score (nSPS) is 12.4. The first-order valence-electron chi connectivity index (χ1n) is 6.24. The van der Waals surface area contributed by atoms with Crippen molar-refractivity contribution >= 4 is 17.2 Å². The maximum Gasteiger partial charge on any atom is 0.270 e. The van der Waals surface area contributed by atoms with E-state index in [1.807, 2.05) is 0 Å². The fourth-order valence-corrected chi connectivity index (χ4v) is 2.43. The van der Waals surface area contributed by atoms with Gasteiger partial charge in [-0.2, -0.15) is 0 Å². The van der Waals surface area contributed by atoms with Crippen LogP contribution in [-0.2, 0) is 6.54 Å². The second-order valence-corrected chi connectivity index (χ2v) is 5.15. The van der Waals surface area contributed by atoms with Gasteiger partial charge in [0.1, 0.15) is 10.7 Å². The molecule has 0 radical (unpaired) electrons. The maximum absolute atomic E-state index is 11.8. The number of nitrogens with one attached hydrogen (secondary N) is 1. The van der Waals surface area contributed by atoms with E-state index >= 15 is 0 Å². The first kappa shape index (κ1) is 15.1. The van der Waals surface area contributed by atoms with Crippen molar-refractivity contribution in [1.29, 1.82) is 0 Å². The number of carbonyl (C=O) groups is 1. The standard InChI is InChI=1S/C12H21N3O2S/c1-2-3-9(4-5-16)7-14-12(17)10-8-18-11(6-13)15-10/h8-9,16H,2-7,13H2,1H3,(H,14,17). The van der Waals surface area contributed by atoms with Gasteiger partial charge in [0.05, 0.1) is 0 Å². The lowest BCUT2D eigenvalue weighted by molar-refractivity contribution is 0.0938. The van der Waals surface area contributed by atoms with E-state index in [0.717, 1.165) is 24.3 Å². The molecule has 0 spiro atoms. The Bertz CT molecular complexity index is 362. The second kappa shape index (κ2) is 8.18. The van der Waals surface area contributed by atoms with E-state index < -0.39 is 0 Å². The molecule has 0 fully saturated rings. The molecule has 0 bridgehead atoms. The molecule has 1 atom stereocenters. The third-order valence-electron chi connectivity index (χ3n) is 2.74. The van der Waals surface area contributed by atoms with E-state index in [1.54, 1.807) is 5.38 Å². The Kier molecular flexibility index (Phi) is 6.85. The molecule has 1 rings (SSSR count). The van der Waals surface area contributed by atoms with Crippen molar-refractivity contribution in [2.24, 2.45) is 11.7 Å². The summed E-state index contributed by atoms with van der Waals surface area (Å²) in [5, 5.41) is 14.3. The van der Waals surface area contributed by atoms with Gasteiger partial charge in [0.25, 0.3) is 5.91 Å². The number of aromatic nitrogens is 1. The monoisotopic (exact) mass is 271 g/mol. The summed E-state index contributed by atoms with van der Waals surface area (Å²) in [6.45, 7) is 3.21. The lowest BCUT2D eigenvalue weighted by Gasteiger charge is -2.14. The molecule has 0 saturated heterocycles. The smallest absolute Gasteiger partial charge is 0.270 e. The van der Waals surface area contributed by atoms with Crippen LogP contribution >= 0.6 is 11.3 Å². The number of thiazole rings is 1. The van der Waals surface area contributed by atoms with Gasteiger partial charge in [0.2, 0.25) is 0 Å². The third-order valence-corrected chi connectivity index (χ3v) is 3.62. The van der Waals surface area contributed by atoms with Gasteiger partial charge in [-0.15, -0.1) is 11.3 Å². The fraction of sp³-hybridized carbons (Fsp3) is 0.667. The van der Waals surface area contributed by atoms with Crippen molar-refractivity contribution in [2.45, 2.75) is 32.7 Å². The summed E-state index contributed by atoms with van der Waals surface area (Å²) in [6, 6.07) is 0. The minimum Gasteiger partial charge on any atom is -0.396 e. The molecule has 1 aromatic rings. The highest BCUT2D eigenvalue weighted by atomic mass is 32.1. The molecule has 1 heterocycles. The molecular formula is C12H21N3O2S. The van der Waals surface area contributed by atoms with E-state index in [0.29, 0.717) is 24.7 Å². The molecule has 1 aromatic heterocycles. The molecule has 4 N–H and O–H groups in total. The molecule has 1 amide bonds.